The zero-order chi connectivity index (χ0) is 10.7. The van der Waals surface area contributed by atoms with Crippen LogP contribution in [0, 0.1) is 6.92 Å². The molecule has 0 saturated carbocycles. The van der Waals surface area contributed by atoms with E-state index in [1.165, 1.54) is 0 Å². The van der Waals surface area contributed by atoms with Crippen molar-refractivity contribution in [2.45, 2.75) is 26.1 Å². The number of hydrogen-bond acceptors (Lipinski definition) is 2. The zero-order valence-corrected chi connectivity index (χ0v) is 9.38. The minimum Gasteiger partial charge on any atom is -0.386 e. The third-order valence-corrected chi connectivity index (χ3v) is 2.76. The predicted molar refractivity (Wildman–Crippen MR) is 57.6 cm³/mol. The van der Waals surface area contributed by atoms with Crippen molar-refractivity contribution in [3.63, 3.8) is 0 Å². The second-order valence-electron chi connectivity index (χ2n) is 3.39. The molecular formula is C11H15ClO2. The number of hydrogen-bond donors (Lipinski definition) is 1. The van der Waals surface area contributed by atoms with Crippen molar-refractivity contribution in [3.8, 4) is 0 Å². The molecule has 1 rings (SSSR count). The highest BCUT2D eigenvalue weighted by Crippen LogP contribution is 2.24. The molecule has 0 saturated heterocycles. The Hall–Kier alpha value is -0.570. The van der Waals surface area contributed by atoms with Crippen LogP contribution in [0.2, 0.25) is 5.02 Å². The van der Waals surface area contributed by atoms with Crippen molar-refractivity contribution in [2.75, 3.05) is 7.11 Å². The molecule has 2 atom stereocenters. The molecule has 78 valence electrons. The molecule has 2 unspecified atom stereocenters. The Labute approximate surface area is 89.5 Å². The van der Waals surface area contributed by atoms with Gasteiger partial charge in [-0.05, 0) is 31.0 Å². The number of methoxy groups -OCH3 is 1. The monoisotopic (exact) mass is 214 g/mol. The van der Waals surface area contributed by atoms with Gasteiger partial charge in [-0.25, -0.2) is 0 Å². The van der Waals surface area contributed by atoms with Gasteiger partial charge in [-0.1, -0.05) is 23.7 Å². The summed E-state index contributed by atoms with van der Waals surface area (Å²) in [5.41, 5.74) is 1.79. The topological polar surface area (TPSA) is 29.5 Å². The van der Waals surface area contributed by atoms with Crippen LogP contribution in [0.25, 0.3) is 0 Å². The van der Waals surface area contributed by atoms with Gasteiger partial charge in [-0.2, -0.15) is 0 Å². The largest absolute Gasteiger partial charge is 0.386 e. The Kier molecular flexibility index (Phi) is 3.93. The summed E-state index contributed by atoms with van der Waals surface area (Å²) < 4.78 is 5.04. The summed E-state index contributed by atoms with van der Waals surface area (Å²) in [4.78, 5) is 0. The molecule has 0 radical (unpaired) electrons. The van der Waals surface area contributed by atoms with Crippen molar-refractivity contribution >= 4 is 11.6 Å². The number of halogens is 1. The Morgan fingerprint density at radius 2 is 2.07 bits per heavy atom. The van der Waals surface area contributed by atoms with Crippen LogP contribution in [-0.4, -0.2) is 18.3 Å². The van der Waals surface area contributed by atoms with Crippen LogP contribution < -0.4 is 0 Å². The van der Waals surface area contributed by atoms with Gasteiger partial charge < -0.3 is 9.84 Å². The van der Waals surface area contributed by atoms with E-state index in [0.717, 1.165) is 11.1 Å². The summed E-state index contributed by atoms with van der Waals surface area (Å²) in [6, 6.07) is 5.53. The first kappa shape index (κ1) is 11.5. The summed E-state index contributed by atoms with van der Waals surface area (Å²) in [5.74, 6) is 0. The Morgan fingerprint density at radius 3 is 2.57 bits per heavy atom. The van der Waals surface area contributed by atoms with Crippen molar-refractivity contribution in [1.82, 2.24) is 0 Å². The zero-order valence-electron chi connectivity index (χ0n) is 8.62. The molecule has 0 aliphatic carbocycles. The van der Waals surface area contributed by atoms with Gasteiger partial charge in [0.05, 0.1) is 6.10 Å². The molecule has 0 amide bonds. The van der Waals surface area contributed by atoms with E-state index < -0.39 is 6.10 Å². The van der Waals surface area contributed by atoms with Crippen LogP contribution in [0.15, 0.2) is 18.2 Å². The SMILES string of the molecule is COC(C)C(O)c1ccc(C)c(Cl)c1. The van der Waals surface area contributed by atoms with Crippen molar-refractivity contribution in [2.24, 2.45) is 0 Å². The van der Waals surface area contributed by atoms with Crippen LogP contribution in [0.3, 0.4) is 0 Å². The first-order valence-corrected chi connectivity index (χ1v) is 4.91. The highest BCUT2D eigenvalue weighted by atomic mass is 35.5. The Morgan fingerprint density at radius 1 is 1.43 bits per heavy atom. The van der Waals surface area contributed by atoms with Gasteiger partial charge in [-0.15, -0.1) is 0 Å². The summed E-state index contributed by atoms with van der Waals surface area (Å²) in [5, 5.41) is 10.5. The van der Waals surface area contributed by atoms with E-state index in [1.54, 1.807) is 13.2 Å². The van der Waals surface area contributed by atoms with E-state index in [-0.39, 0.29) is 6.10 Å². The maximum Gasteiger partial charge on any atom is 0.105 e. The third kappa shape index (κ3) is 2.47. The van der Waals surface area contributed by atoms with E-state index in [4.69, 9.17) is 16.3 Å². The van der Waals surface area contributed by atoms with E-state index in [0.29, 0.717) is 5.02 Å². The Balaban J connectivity index is 2.91. The highest BCUT2D eigenvalue weighted by Gasteiger charge is 2.15. The van der Waals surface area contributed by atoms with Crippen molar-refractivity contribution in [3.05, 3.63) is 34.3 Å². The molecule has 0 heterocycles. The second-order valence-corrected chi connectivity index (χ2v) is 3.80. The maximum atomic E-state index is 9.82. The van der Waals surface area contributed by atoms with E-state index >= 15 is 0 Å². The molecule has 0 aliphatic heterocycles. The molecule has 1 aromatic carbocycles. The summed E-state index contributed by atoms with van der Waals surface area (Å²) in [6.45, 7) is 3.75. The van der Waals surface area contributed by atoms with Crippen LogP contribution in [0.4, 0.5) is 0 Å². The molecule has 14 heavy (non-hydrogen) atoms. The lowest BCUT2D eigenvalue weighted by Gasteiger charge is -2.18. The van der Waals surface area contributed by atoms with Crippen LogP contribution in [-0.2, 0) is 4.74 Å². The normalized spacial score (nSPS) is 15.2. The predicted octanol–water partition coefficient (Wildman–Crippen LogP) is 2.72. The minimum absolute atomic E-state index is 0.228. The highest BCUT2D eigenvalue weighted by molar-refractivity contribution is 6.31. The molecule has 0 fully saturated rings. The number of aliphatic hydroxyl groups excluding tert-OH is 1. The molecule has 2 nitrogen and oxygen atoms in total. The summed E-state index contributed by atoms with van der Waals surface area (Å²) >= 11 is 5.95. The molecule has 0 bridgehead atoms. The number of aryl methyl sites for hydroxylation is 1. The van der Waals surface area contributed by atoms with E-state index in [9.17, 15) is 5.11 Å². The standard InChI is InChI=1S/C11H15ClO2/c1-7-4-5-9(6-10(7)12)11(13)8(2)14-3/h4-6,8,11,13H,1-3H3. The molecule has 0 aromatic heterocycles. The lowest BCUT2D eigenvalue weighted by Crippen LogP contribution is -2.16. The van der Waals surface area contributed by atoms with Gasteiger partial charge in [0.2, 0.25) is 0 Å². The van der Waals surface area contributed by atoms with Crippen molar-refractivity contribution < 1.29 is 9.84 Å². The number of rotatable bonds is 3. The van der Waals surface area contributed by atoms with Gasteiger partial charge in [0, 0.05) is 12.1 Å². The van der Waals surface area contributed by atoms with Gasteiger partial charge in [-0.3, -0.25) is 0 Å². The Bertz CT molecular complexity index is 312. The summed E-state index contributed by atoms with van der Waals surface area (Å²) in [7, 11) is 1.57. The van der Waals surface area contributed by atoms with Gasteiger partial charge in [0.1, 0.15) is 6.10 Å². The number of ether oxygens (including phenoxy) is 1. The molecule has 1 aromatic rings. The maximum absolute atomic E-state index is 9.82. The average molecular weight is 215 g/mol. The molecular weight excluding hydrogens is 200 g/mol. The third-order valence-electron chi connectivity index (χ3n) is 2.35. The van der Waals surface area contributed by atoms with Gasteiger partial charge >= 0.3 is 0 Å². The quantitative estimate of drug-likeness (QED) is 0.839. The second kappa shape index (κ2) is 4.78. The fraction of sp³-hybridized carbons (Fsp3) is 0.455. The van der Waals surface area contributed by atoms with Crippen molar-refractivity contribution in [1.29, 1.82) is 0 Å². The lowest BCUT2D eigenvalue weighted by atomic mass is 10.0. The molecule has 0 spiro atoms. The van der Waals surface area contributed by atoms with Crippen LogP contribution in [0.1, 0.15) is 24.2 Å². The fourth-order valence-electron chi connectivity index (χ4n) is 1.19. The minimum atomic E-state index is -0.627. The van der Waals surface area contributed by atoms with Crippen LogP contribution in [0.5, 0.6) is 0 Å². The number of benzene rings is 1. The van der Waals surface area contributed by atoms with E-state index in [2.05, 4.69) is 0 Å². The number of aliphatic hydroxyl groups is 1. The molecule has 3 heteroatoms. The smallest absolute Gasteiger partial charge is 0.105 e. The first-order chi connectivity index (χ1) is 6.56. The summed E-state index contributed by atoms with van der Waals surface area (Å²) in [6.07, 6.45) is -0.855. The average Bonchev–Trinajstić information content (AvgIpc) is 2.20. The van der Waals surface area contributed by atoms with Gasteiger partial charge in [0.25, 0.3) is 0 Å². The molecule has 0 aliphatic rings. The molecule has 1 N–H and O–H groups in total. The lowest BCUT2D eigenvalue weighted by molar-refractivity contribution is -0.00142. The first-order valence-electron chi connectivity index (χ1n) is 4.53. The fourth-order valence-corrected chi connectivity index (χ4v) is 1.38. The van der Waals surface area contributed by atoms with Gasteiger partial charge in [0.15, 0.2) is 0 Å². The van der Waals surface area contributed by atoms with Crippen LogP contribution >= 0.6 is 11.6 Å². The van der Waals surface area contributed by atoms with E-state index in [1.807, 2.05) is 26.0 Å².